The highest BCUT2D eigenvalue weighted by molar-refractivity contribution is 7.70. The third kappa shape index (κ3) is 13.5. The second kappa shape index (κ2) is 22.8. The topological polar surface area (TPSA) is 79.6 Å². The van der Waals surface area contributed by atoms with Gasteiger partial charge >= 0.3 is 13.6 Å². The van der Waals surface area contributed by atoms with Crippen LogP contribution < -0.4 is 15.8 Å². The molecule has 2 aromatic rings. The van der Waals surface area contributed by atoms with E-state index in [-0.39, 0.29) is 30.8 Å². The van der Waals surface area contributed by atoms with E-state index >= 15 is 0 Å². The number of ether oxygens (including phenoxy) is 2. The van der Waals surface area contributed by atoms with E-state index in [0.717, 1.165) is 30.6 Å². The predicted molar refractivity (Wildman–Crippen MR) is 202 cm³/mol. The van der Waals surface area contributed by atoms with Crippen molar-refractivity contribution < 1.29 is 27.5 Å². The second-order valence-electron chi connectivity index (χ2n) is 13.7. The van der Waals surface area contributed by atoms with Crippen LogP contribution in [0.2, 0.25) is 0 Å². The molecule has 2 rings (SSSR count). The molecule has 1 unspecified atom stereocenters. The molecule has 0 aliphatic heterocycles. The molecule has 274 valence electrons. The Bertz CT molecular complexity index is 1230. The van der Waals surface area contributed by atoms with Crippen LogP contribution in [0.1, 0.15) is 119 Å². The number of allylic oxidation sites excluding steroid dienone is 1. The summed E-state index contributed by atoms with van der Waals surface area (Å²) in [6.07, 6.45) is 19.8. The zero-order valence-corrected chi connectivity index (χ0v) is 32.6. The van der Waals surface area contributed by atoms with Crippen molar-refractivity contribution >= 4 is 29.9 Å². The van der Waals surface area contributed by atoms with E-state index in [0.29, 0.717) is 10.9 Å². The summed E-state index contributed by atoms with van der Waals surface area (Å²) in [4.78, 5) is 15.1. The standard InChI is InChI=1S/C39H67NO7P/c1-10-13-14-15-16-17-18-19-20-21-22-23-24-25-35(45-31-42-7)34(39(4,5)6)30-46-48(43-8,44-9)37-29-38(41)47-36-28-32(26-27-33(36)37)40(11-2)12-3/h24-29,34-35H,10-23,30-31H2,1-9H3/q+1/b25-24+/t34?,35-/m0/s1. The van der Waals surface area contributed by atoms with Gasteiger partial charge < -0.3 is 18.8 Å². The normalized spacial score (nSPS) is 13.9. The van der Waals surface area contributed by atoms with Crippen LogP contribution in [0, 0.1) is 11.3 Å². The first-order chi connectivity index (χ1) is 23.1. The molecule has 0 bridgehead atoms. The molecule has 0 spiro atoms. The van der Waals surface area contributed by atoms with Gasteiger partial charge in [-0.25, -0.2) is 4.79 Å². The molecule has 2 atom stereocenters. The van der Waals surface area contributed by atoms with Gasteiger partial charge in [0.15, 0.2) is 0 Å². The summed E-state index contributed by atoms with van der Waals surface area (Å²) in [5.74, 6) is -0.0634. The summed E-state index contributed by atoms with van der Waals surface area (Å²) >= 11 is 0. The smallest absolute Gasteiger partial charge is 0.422 e. The Kier molecular flexibility index (Phi) is 20.1. The Labute approximate surface area is 292 Å². The number of rotatable bonds is 26. The Morgan fingerprint density at radius 2 is 1.46 bits per heavy atom. The summed E-state index contributed by atoms with van der Waals surface area (Å²) in [7, 11) is 1.61. The summed E-state index contributed by atoms with van der Waals surface area (Å²) in [6.45, 7) is 15.2. The van der Waals surface area contributed by atoms with Crippen molar-refractivity contribution in [1.82, 2.24) is 0 Å². The molecule has 0 amide bonds. The average Bonchev–Trinajstić information content (AvgIpc) is 3.07. The average molecular weight is 693 g/mol. The third-order valence-corrected chi connectivity index (χ3v) is 11.6. The van der Waals surface area contributed by atoms with Crippen LogP contribution in [0.3, 0.4) is 0 Å². The van der Waals surface area contributed by atoms with Gasteiger partial charge in [-0.1, -0.05) is 104 Å². The lowest BCUT2D eigenvalue weighted by molar-refractivity contribution is -0.0961. The first kappa shape index (κ1) is 42.4. The minimum Gasteiger partial charge on any atom is -0.422 e. The lowest BCUT2D eigenvalue weighted by Gasteiger charge is -2.35. The highest BCUT2D eigenvalue weighted by Gasteiger charge is 2.50. The Morgan fingerprint density at radius 3 is 2.00 bits per heavy atom. The number of nitrogens with zero attached hydrogens (tertiary/aromatic N) is 1. The maximum absolute atomic E-state index is 12.9. The molecule has 9 heteroatoms. The van der Waals surface area contributed by atoms with Crippen molar-refractivity contribution in [3.63, 3.8) is 0 Å². The van der Waals surface area contributed by atoms with E-state index in [1.807, 2.05) is 18.2 Å². The fraction of sp³-hybridized carbons (Fsp3) is 0.718. The van der Waals surface area contributed by atoms with Crippen LogP contribution in [-0.2, 0) is 23.0 Å². The fourth-order valence-electron chi connectivity index (χ4n) is 6.22. The van der Waals surface area contributed by atoms with Crippen LogP contribution in [0.25, 0.3) is 11.0 Å². The van der Waals surface area contributed by atoms with Crippen molar-refractivity contribution in [2.75, 3.05) is 52.7 Å². The minimum atomic E-state index is -3.17. The van der Waals surface area contributed by atoms with Crippen LogP contribution in [-0.4, -0.2) is 53.9 Å². The number of fused-ring (bicyclic) bond motifs is 1. The highest BCUT2D eigenvalue weighted by Crippen LogP contribution is 2.61. The summed E-state index contributed by atoms with van der Waals surface area (Å²) < 4.78 is 36.0. The van der Waals surface area contributed by atoms with E-state index in [4.69, 9.17) is 27.5 Å². The van der Waals surface area contributed by atoms with Crippen molar-refractivity contribution in [3.8, 4) is 0 Å². The lowest BCUT2D eigenvalue weighted by atomic mass is 9.77. The number of hydrogen-bond acceptors (Lipinski definition) is 8. The van der Waals surface area contributed by atoms with Gasteiger partial charge in [-0.3, -0.25) is 0 Å². The Balaban J connectivity index is 2.17. The lowest BCUT2D eigenvalue weighted by Crippen LogP contribution is -2.38. The Hall–Kier alpha value is -1.80. The van der Waals surface area contributed by atoms with Gasteiger partial charge in [-0.2, -0.15) is 13.6 Å². The van der Waals surface area contributed by atoms with Gasteiger partial charge in [-0.15, -0.1) is 0 Å². The zero-order valence-electron chi connectivity index (χ0n) is 31.7. The summed E-state index contributed by atoms with van der Waals surface area (Å²) in [5, 5.41) is 1.30. The molecule has 0 aliphatic carbocycles. The van der Waals surface area contributed by atoms with E-state index in [2.05, 4.69) is 58.6 Å². The van der Waals surface area contributed by atoms with Crippen molar-refractivity contribution in [2.45, 2.75) is 125 Å². The van der Waals surface area contributed by atoms with E-state index in [9.17, 15) is 4.79 Å². The second-order valence-corrected chi connectivity index (χ2v) is 16.2. The molecule has 1 heterocycles. The van der Waals surface area contributed by atoms with Crippen LogP contribution in [0.5, 0.6) is 0 Å². The number of unbranched alkanes of at least 4 members (excludes halogenated alkanes) is 11. The van der Waals surface area contributed by atoms with Crippen LogP contribution in [0.15, 0.2) is 45.6 Å². The summed E-state index contributed by atoms with van der Waals surface area (Å²) in [5.41, 5.74) is 0.795. The van der Waals surface area contributed by atoms with Gasteiger partial charge in [0, 0.05) is 37.9 Å². The first-order valence-electron chi connectivity index (χ1n) is 18.4. The Morgan fingerprint density at radius 1 is 0.854 bits per heavy atom. The van der Waals surface area contributed by atoms with Crippen molar-refractivity contribution in [1.29, 1.82) is 0 Å². The number of hydrogen-bond donors (Lipinski definition) is 0. The monoisotopic (exact) mass is 692 g/mol. The molecule has 0 N–H and O–H groups in total. The minimum absolute atomic E-state index is 0.0634. The molecule has 0 fully saturated rings. The first-order valence-corrected chi connectivity index (χ1v) is 19.9. The maximum Gasteiger partial charge on any atom is 0.449 e. The summed E-state index contributed by atoms with van der Waals surface area (Å²) in [6, 6.07) is 7.34. The van der Waals surface area contributed by atoms with Crippen LogP contribution >= 0.6 is 7.94 Å². The molecule has 1 aromatic carbocycles. The molecule has 8 nitrogen and oxygen atoms in total. The SMILES string of the molecule is CCCCCCCCCCCCC/C=C/[C@H](OCOC)C(CO[P+](OC)(OC)c1cc(=O)oc2cc(N(CC)CC)ccc12)C(C)(C)C. The van der Waals surface area contributed by atoms with Gasteiger partial charge in [0.25, 0.3) is 0 Å². The van der Waals surface area contributed by atoms with Crippen LogP contribution in [0.4, 0.5) is 5.69 Å². The van der Waals surface area contributed by atoms with E-state index in [1.165, 1.54) is 76.7 Å². The van der Waals surface area contributed by atoms with Gasteiger partial charge in [-0.05, 0) is 44.2 Å². The highest BCUT2D eigenvalue weighted by atomic mass is 31.2. The number of anilines is 1. The van der Waals surface area contributed by atoms with Gasteiger partial charge in [0.05, 0.1) is 31.8 Å². The number of benzene rings is 1. The quantitative estimate of drug-likeness (QED) is 0.0317. The molecule has 0 aliphatic rings. The molecule has 48 heavy (non-hydrogen) atoms. The third-order valence-electron chi connectivity index (χ3n) is 9.22. The molecule has 1 aromatic heterocycles. The van der Waals surface area contributed by atoms with E-state index in [1.54, 1.807) is 21.3 Å². The molecular weight excluding hydrogens is 625 g/mol. The fourth-order valence-corrected chi connectivity index (χ4v) is 8.21. The molecular formula is C39H67NO7P+. The van der Waals surface area contributed by atoms with Crippen molar-refractivity contribution in [2.24, 2.45) is 11.3 Å². The molecule has 0 saturated heterocycles. The molecule has 0 radical (unpaired) electrons. The maximum atomic E-state index is 12.9. The predicted octanol–water partition coefficient (Wildman–Crippen LogP) is 10.2. The van der Waals surface area contributed by atoms with Gasteiger partial charge in [0.2, 0.25) is 5.30 Å². The van der Waals surface area contributed by atoms with E-state index < -0.39 is 13.6 Å². The largest absolute Gasteiger partial charge is 0.449 e. The number of methoxy groups -OCH3 is 1. The molecule has 0 saturated carbocycles. The zero-order chi connectivity index (χ0) is 35.4. The van der Waals surface area contributed by atoms with Crippen molar-refractivity contribution in [3.05, 3.63) is 46.8 Å². The van der Waals surface area contributed by atoms with Gasteiger partial charge in [0.1, 0.15) is 19.0 Å².